The highest BCUT2D eigenvalue weighted by molar-refractivity contribution is 5.47. The van der Waals surface area contributed by atoms with Gasteiger partial charge in [0.15, 0.2) is 5.69 Å². The van der Waals surface area contributed by atoms with Crippen molar-refractivity contribution in [3.63, 3.8) is 0 Å². The summed E-state index contributed by atoms with van der Waals surface area (Å²) in [6.45, 7) is 1.55. The van der Waals surface area contributed by atoms with E-state index in [4.69, 9.17) is 0 Å². The SMILES string of the molecule is O[C@@H]1CCCN(c2cc(C(F)(F)F)nc(N3CCC[C@@H](O)C3)n2)C1. The second kappa shape index (κ2) is 6.72. The maximum Gasteiger partial charge on any atom is 0.433 e. The molecule has 0 aromatic carbocycles. The summed E-state index contributed by atoms with van der Waals surface area (Å²) in [5.74, 6) is 0.157. The lowest BCUT2D eigenvalue weighted by molar-refractivity contribution is -0.141. The van der Waals surface area contributed by atoms with Gasteiger partial charge in [0.1, 0.15) is 5.82 Å². The van der Waals surface area contributed by atoms with Gasteiger partial charge < -0.3 is 20.0 Å². The van der Waals surface area contributed by atoms with Crippen molar-refractivity contribution >= 4 is 11.8 Å². The Kier molecular flexibility index (Phi) is 4.82. The van der Waals surface area contributed by atoms with Gasteiger partial charge in [-0.25, -0.2) is 4.98 Å². The van der Waals surface area contributed by atoms with E-state index >= 15 is 0 Å². The number of aliphatic hydroxyl groups is 2. The fourth-order valence-electron chi connectivity index (χ4n) is 3.17. The Labute approximate surface area is 137 Å². The van der Waals surface area contributed by atoms with E-state index in [0.717, 1.165) is 6.07 Å². The molecule has 2 saturated heterocycles. The van der Waals surface area contributed by atoms with Crippen molar-refractivity contribution in [3.8, 4) is 0 Å². The molecular formula is C15H21F3N4O2. The molecular weight excluding hydrogens is 325 g/mol. The Balaban J connectivity index is 1.94. The zero-order chi connectivity index (χ0) is 17.3. The Morgan fingerprint density at radius 2 is 1.54 bits per heavy atom. The third kappa shape index (κ3) is 3.89. The molecule has 3 rings (SSSR count). The number of rotatable bonds is 2. The van der Waals surface area contributed by atoms with Gasteiger partial charge in [-0.05, 0) is 25.7 Å². The maximum atomic E-state index is 13.2. The Hall–Kier alpha value is -1.61. The van der Waals surface area contributed by atoms with Gasteiger partial charge in [0, 0.05) is 32.2 Å². The molecule has 0 aliphatic carbocycles. The number of hydrogen-bond acceptors (Lipinski definition) is 6. The monoisotopic (exact) mass is 346 g/mol. The minimum Gasteiger partial charge on any atom is -0.391 e. The summed E-state index contributed by atoms with van der Waals surface area (Å²) in [6.07, 6.45) is -3.09. The molecule has 0 radical (unpaired) electrons. The van der Waals surface area contributed by atoms with E-state index in [0.29, 0.717) is 38.8 Å². The van der Waals surface area contributed by atoms with Crippen LogP contribution in [0.3, 0.4) is 0 Å². The van der Waals surface area contributed by atoms with Crippen LogP contribution in [0.2, 0.25) is 0 Å². The predicted octanol–water partition coefficient (Wildman–Crippen LogP) is 1.42. The predicted molar refractivity (Wildman–Crippen MR) is 81.9 cm³/mol. The van der Waals surface area contributed by atoms with E-state index < -0.39 is 24.1 Å². The van der Waals surface area contributed by atoms with Crippen molar-refractivity contribution in [1.29, 1.82) is 0 Å². The lowest BCUT2D eigenvalue weighted by atomic mass is 10.1. The van der Waals surface area contributed by atoms with Crippen LogP contribution in [0, 0.1) is 0 Å². The van der Waals surface area contributed by atoms with Crippen molar-refractivity contribution in [3.05, 3.63) is 11.8 Å². The fraction of sp³-hybridized carbons (Fsp3) is 0.733. The molecule has 2 aliphatic rings. The standard InChI is InChI=1S/C15H21F3N4O2/c16-15(17,18)12-7-13(21-5-1-3-10(23)8-21)20-14(19-12)22-6-2-4-11(24)9-22/h7,10-11,23-24H,1-6,8-9H2/t10-,11-/m1/s1. The molecule has 9 heteroatoms. The molecule has 2 fully saturated rings. The van der Waals surface area contributed by atoms with Gasteiger partial charge in [-0.1, -0.05) is 0 Å². The van der Waals surface area contributed by atoms with Crippen LogP contribution in [0.25, 0.3) is 0 Å². The second-order valence-electron chi connectivity index (χ2n) is 6.39. The summed E-state index contributed by atoms with van der Waals surface area (Å²) in [6, 6.07) is 0.932. The lowest BCUT2D eigenvalue weighted by Crippen LogP contribution is -2.41. The molecule has 0 bridgehead atoms. The van der Waals surface area contributed by atoms with E-state index in [1.54, 1.807) is 9.80 Å². The average molecular weight is 346 g/mol. The molecule has 24 heavy (non-hydrogen) atoms. The maximum absolute atomic E-state index is 13.2. The molecule has 0 unspecified atom stereocenters. The molecule has 1 aromatic rings. The summed E-state index contributed by atoms with van der Waals surface area (Å²) >= 11 is 0. The number of β-amino-alcohol motifs (C(OH)–C–C–N with tert-alkyl or cyclic N) is 2. The summed E-state index contributed by atoms with van der Waals surface area (Å²) in [5.41, 5.74) is -0.998. The van der Waals surface area contributed by atoms with Gasteiger partial charge in [0.2, 0.25) is 5.95 Å². The molecule has 2 aliphatic heterocycles. The molecule has 3 heterocycles. The number of anilines is 2. The zero-order valence-corrected chi connectivity index (χ0v) is 13.2. The highest BCUT2D eigenvalue weighted by Gasteiger charge is 2.35. The Bertz CT molecular complexity index is 544. The average Bonchev–Trinajstić information content (AvgIpc) is 2.53. The third-order valence-corrected chi connectivity index (χ3v) is 4.39. The van der Waals surface area contributed by atoms with Crippen LogP contribution in [0.1, 0.15) is 31.4 Å². The normalized spacial score (nSPS) is 25.9. The number of hydrogen-bond donors (Lipinski definition) is 2. The van der Waals surface area contributed by atoms with Crippen LogP contribution in [0.4, 0.5) is 24.9 Å². The van der Waals surface area contributed by atoms with Gasteiger partial charge in [-0.3, -0.25) is 0 Å². The van der Waals surface area contributed by atoms with E-state index in [1.165, 1.54) is 0 Å². The van der Waals surface area contributed by atoms with Crippen molar-refractivity contribution in [1.82, 2.24) is 9.97 Å². The van der Waals surface area contributed by atoms with E-state index in [2.05, 4.69) is 9.97 Å². The first-order valence-corrected chi connectivity index (χ1v) is 8.15. The summed E-state index contributed by atoms with van der Waals surface area (Å²) in [4.78, 5) is 11.2. The van der Waals surface area contributed by atoms with Crippen LogP contribution < -0.4 is 9.80 Å². The molecule has 0 amide bonds. The van der Waals surface area contributed by atoms with Gasteiger partial charge >= 0.3 is 6.18 Å². The first-order valence-electron chi connectivity index (χ1n) is 8.15. The number of aromatic nitrogens is 2. The van der Waals surface area contributed by atoms with Gasteiger partial charge in [0.25, 0.3) is 0 Å². The lowest BCUT2D eigenvalue weighted by Gasteiger charge is -2.33. The fourth-order valence-corrected chi connectivity index (χ4v) is 3.17. The molecule has 0 saturated carbocycles. The third-order valence-electron chi connectivity index (χ3n) is 4.39. The smallest absolute Gasteiger partial charge is 0.391 e. The second-order valence-corrected chi connectivity index (χ2v) is 6.39. The van der Waals surface area contributed by atoms with E-state index in [-0.39, 0.29) is 24.9 Å². The van der Waals surface area contributed by atoms with Crippen molar-refractivity contribution in [2.24, 2.45) is 0 Å². The van der Waals surface area contributed by atoms with Gasteiger partial charge in [-0.15, -0.1) is 0 Å². The molecule has 1 aromatic heterocycles. The van der Waals surface area contributed by atoms with Gasteiger partial charge in [0.05, 0.1) is 12.2 Å². The van der Waals surface area contributed by atoms with Crippen molar-refractivity contribution in [2.75, 3.05) is 36.0 Å². The number of aliphatic hydroxyl groups excluding tert-OH is 2. The number of nitrogens with zero attached hydrogens (tertiary/aromatic N) is 4. The topological polar surface area (TPSA) is 72.7 Å². The summed E-state index contributed by atoms with van der Waals surface area (Å²) in [7, 11) is 0. The Morgan fingerprint density at radius 1 is 0.958 bits per heavy atom. The van der Waals surface area contributed by atoms with Crippen molar-refractivity contribution < 1.29 is 23.4 Å². The molecule has 0 spiro atoms. The molecule has 2 N–H and O–H groups in total. The van der Waals surface area contributed by atoms with E-state index in [9.17, 15) is 23.4 Å². The van der Waals surface area contributed by atoms with Crippen LogP contribution in [0.15, 0.2) is 6.07 Å². The van der Waals surface area contributed by atoms with Crippen LogP contribution in [-0.4, -0.2) is 58.6 Å². The van der Waals surface area contributed by atoms with Crippen LogP contribution in [-0.2, 0) is 6.18 Å². The minimum atomic E-state index is -4.57. The summed E-state index contributed by atoms with van der Waals surface area (Å²) in [5, 5.41) is 19.5. The minimum absolute atomic E-state index is 0.0151. The first-order chi connectivity index (χ1) is 11.3. The molecule has 6 nitrogen and oxygen atoms in total. The molecule has 2 atom stereocenters. The van der Waals surface area contributed by atoms with E-state index in [1.807, 2.05) is 0 Å². The zero-order valence-electron chi connectivity index (χ0n) is 13.2. The Morgan fingerprint density at radius 3 is 2.12 bits per heavy atom. The summed E-state index contributed by atoms with van der Waals surface area (Å²) < 4.78 is 39.6. The largest absolute Gasteiger partial charge is 0.433 e. The number of alkyl halides is 3. The molecule has 134 valence electrons. The van der Waals surface area contributed by atoms with Crippen molar-refractivity contribution in [2.45, 2.75) is 44.1 Å². The van der Waals surface area contributed by atoms with Gasteiger partial charge in [-0.2, -0.15) is 18.2 Å². The first kappa shape index (κ1) is 17.2. The van der Waals surface area contributed by atoms with Crippen LogP contribution >= 0.6 is 0 Å². The number of piperidine rings is 2. The highest BCUT2D eigenvalue weighted by atomic mass is 19.4. The quantitative estimate of drug-likeness (QED) is 0.844. The number of halogens is 3. The highest BCUT2D eigenvalue weighted by Crippen LogP contribution is 2.32. The van der Waals surface area contributed by atoms with Crippen LogP contribution in [0.5, 0.6) is 0 Å².